The number of hydrogen-bond acceptors (Lipinski definition) is 4. The van der Waals surface area contributed by atoms with E-state index >= 15 is 0 Å². The van der Waals surface area contributed by atoms with E-state index in [2.05, 4.69) is 4.99 Å². The fourth-order valence-electron chi connectivity index (χ4n) is 1.17. The van der Waals surface area contributed by atoms with E-state index in [0.717, 1.165) is 5.56 Å². The summed E-state index contributed by atoms with van der Waals surface area (Å²) in [4.78, 5) is 4.11. The van der Waals surface area contributed by atoms with Gasteiger partial charge in [-0.15, -0.1) is 0 Å². The molecule has 0 amide bonds. The Kier molecular flexibility index (Phi) is 6.78. The van der Waals surface area contributed by atoms with Gasteiger partial charge in [0.05, 0.1) is 13.2 Å². The molecule has 0 aromatic heterocycles. The summed E-state index contributed by atoms with van der Waals surface area (Å²) >= 11 is 0. The fourth-order valence-corrected chi connectivity index (χ4v) is 2.10. The van der Waals surface area contributed by atoms with E-state index in [1.54, 1.807) is 7.05 Å². The Labute approximate surface area is 104 Å². The zero-order valence-corrected chi connectivity index (χ0v) is 11.3. The SMILES string of the molecule is CCOP(OCC)OC(=NC)c1ccccc1. The first-order valence-electron chi connectivity index (χ1n) is 5.57. The molecule has 0 N–H and O–H groups in total. The van der Waals surface area contributed by atoms with Crippen LogP contribution in [0.4, 0.5) is 0 Å². The van der Waals surface area contributed by atoms with Crippen LogP contribution >= 0.6 is 8.60 Å². The van der Waals surface area contributed by atoms with Crippen LogP contribution in [0.2, 0.25) is 0 Å². The van der Waals surface area contributed by atoms with Crippen molar-refractivity contribution in [1.29, 1.82) is 0 Å². The molecule has 0 radical (unpaired) electrons. The highest BCUT2D eigenvalue weighted by molar-refractivity contribution is 7.42. The Morgan fingerprint density at radius 3 is 2.18 bits per heavy atom. The summed E-state index contributed by atoms with van der Waals surface area (Å²) < 4.78 is 16.4. The molecule has 0 fully saturated rings. The van der Waals surface area contributed by atoms with Gasteiger partial charge in [0, 0.05) is 12.6 Å². The van der Waals surface area contributed by atoms with Crippen molar-refractivity contribution in [3.8, 4) is 0 Å². The van der Waals surface area contributed by atoms with Crippen LogP contribution in [0, 0.1) is 0 Å². The molecule has 0 spiro atoms. The molecule has 1 rings (SSSR count). The zero-order valence-electron chi connectivity index (χ0n) is 10.4. The maximum Gasteiger partial charge on any atom is 0.398 e. The number of rotatable bonds is 6. The Morgan fingerprint density at radius 2 is 1.71 bits per heavy atom. The lowest BCUT2D eigenvalue weighted by Crippen LogP contribution is -2.06. The molecule has 4 nitrogen and oxygen atoms in total. The number of hydrogen-bond donors (Lipinski definition) is 0. The van der Waals surface area contributed by atoms with Crippen molar-refractivity contribution in [3.63, 3.8) is 0 Å². The predicted octanol–water partition coefficient (Wildman–Crippen LogP) is 3.38. The van der Waals surface area contributed by atoms with Gasteiger partial charge in [-0.05, 0) is 26.0 Å². The first kappa shape index (κ1) is 14.1. The standard InChI is InChI=1S/C12H18NO3P/c1-4-14-17(15-5-2)16-12(13-3)11-9-7-6-8-10-11/h6-10H,4-5H2,1-3H3. The summed E-state index contributed by atoms with van der Waals surface area (Å²) in [6.45, 7) is 4.92. The van der Waals surface area contributed by atoms with Crippen molar-refractivity contribution >= 4 is 14.5 Å². The van der Waals surface area contributed by atoms with Crippen molar-refractivity contribution < 1.29 is 13.6 Å². The molecule has 94 valence electrons. The van der Waals surface area contributed by atoms with Gasteiger partial charge >= 0.3 is 8.60 Å². The van der Waals surface area contributed by atoms with Gasteiger partial charge < -0.3 is 13.6 Å². The van der Waals surface area contributed by atoms with E-state index in [-0.39, 0.29) is 0 Å². The van der Waals surface area contributed by atoms with Crippen LogP contribution in [0.3, 0.4) is 0 Å². The molecule has 0 saturated heterocycles. The maximum atomic E-state index is 5.64. The summed E-state index contributed by atoms with van der Waals surface area (Å²) in [5.41, 5.74) is 0.918. The summed E-state index contributed by atoms with van der Waals surface area (Å²) in [5, 5.41) is 0. The molecule has 1 aromatic carbocycles. The van der Waals surface area contributed by atoms with Crippen LogP contribution < -0.4 is 0 Å². The van der Waals surface area contributed by atoms with E-state index in [9.17, 15) is 0 Å². The minimum atomic E-state index is -1.36. The van der Waals surface area contributed by atoms with Crippen molar-refractivity contribution in [3.05, 3.63) is 35.9 Å². The predicted molar refractivity (Wildman–Crippen MR) is 70.2 cm³/mol. The highest BCUT2D eigenvalue weighted by atomic mass is 31.2. The fraction of sp³-hybridized carbons (Fsp3) is 0.417. The Morgan fingerprint density at radius 1 is 1.12 bits per heavy atom. The third-order valence-corrected chi connectivity index (χ3v) is 3.11. The van der Waals surface area contributed by atoms with Gasteiger partial charge in [-0.2, -0.15) is 0 Å². The van der Waals surface area contributed by atoms with Gasteiger partial charge in [0.1, 0.15) is 0 Å². The summed E-state index contributed by atoms with van der Waals surface area (Å²) in [6, 6.07) is 9.70. The summed E-state index contributed by atoms with van der Waals surface area (Å²) in [5.74, 6) is 0.540. The lowest BCUT2D eigenvalue weighted by Gasteiger charge is -2.16. The largest absolute Gasteiger partial charge is 0.408 e. The topological polar surface area (TPSA) is 40.0 Å². The zero-order chi connectivity index (χ0) is 12.5. The molecule has 0 atom stereocenters. The van der Waals surface area contributed by atoms with Crippen LogP contribution in [-0.2, 0) is 13.6 Å². The van der Waals surface area contributed by atoms with Gasteiger partial charge in [0.15, 0.2) is 0 Å². The van der Waals surface area contributed by atoms with Gasteiger partial charge in [0.25, 0.3) is 0 Å². The summed E-state index contributed by atoms with van der Waals surface area (Å²) in [7, 11) is 0.328. The van der Waals surface area contributed by atoms with Gasteiger partial charge in [-0.1, -0.05) is 18.2 Å². The van der Waals surface area contributed by atoms with Crippen LogP contribution in [0.1, 0.15) is 19.4 Å². The highest BCUT2D eigenvalue weighted by Gasteiger charge is 2.16. The highest BCUT2D eigenvalue weighted by Crippen LogP contribution is 2.40. The van der Waals surface area contributed by atoms with Crippen LogP contribution in [-0.4, -0.2) is 26.2 Å². The van der Waals surface area contributed by atoms with Crippen molar-refractivity contribution in [2.24, 2.45) is 4.99 Å². The maximum absolute atomic E-state index is 5.64. The van der Waals surface area contributed by atoms with Crippen molar-refractivity contribution in [2.45, 2.75) is 13.8 Å². The third kappa shape index (κ3) is 4.82. The monoisotopic (exact) mass is 255 g/mol. The average molecular weight is 255 g/mol. The lowest BCUT2D eigenvalue weighted by atomic mass is 10.2. The smallest absolute Gasteiger partial charge is 0.398 e. The van der Waals surface area contributed by atoms with Gasteiger partial charge in [-0.3, -0.25) is 4.99 Å². The van der Waals surface area contributed by atoms with Crippen molar-refractivity contribution in [2.75, 3.05) is 20.3 Å². The molecule has 0 aliphatic carbocycles. The molecule has 17 heavy (non-hydrogen) atoms. The van der Waals surface area contributed by atoms with E-state index in [1.807, 2.05) is 44.2 Å². The number of aliphatic imine (C=N–C) groups is 1. The first-order valence-corrected chi connectivity index (χ1v) is 6.67. The number of nitrogens with zero attached hydrogens (tertiary/aromatic N) is 1. The second kappa shape index (κ2) is 8.18. The third-order valence-electron chi connectivity index (χ3n) is 1.85. The molecule has 0 aliphatic rings. The second-order valence-electron chi connectivity index (χ2n) is 3.05. The molecule has 1 aromatic rings. The van der Waals surface area contributed by atoms with Crippen LogP contribution in [0.25, 0.3) is 0 Å². The minimum Gasteiger partial charge on any atom is -0.408 e. The summed E-state index contributed by atoms with van der Waals surface area (Å²) in [6.07, 6.45) is 0. The molecule has 0 saturated carbocycles. The van der Waals surface area contributed by atoms with E-state index in [1.165, 1.54) is 0 Å². The normalized spacial score (nSPS) is 11.9. The van der Waals surface area contributed by atoms with Crippen LogP contribution in [0.5, 0.6) is 0 Å². The molecule has 0 heterocycles. The Bertz CT molecular complexity index is 337. The van der Waals surface area contributed by atoms with E-state index in [4.69, 9.17) is 13.6 Å². The minimum absolute atomic E-state index is 0.540. The second-order valence-corrected chi connectivity index (χ2v) is 4.19. The molecule has 0 unspecified atom stereocenters. The van der Waals surface area contributed by atoms with Gasteiger partial charge in [-0.25, -0.2) is 0 Å². The molecular weight excluding hydrogens is 237 g/mol. The van der Waals surface area contributed by atoms with Gasteiger partial charge in [0.2, 0.25) is 5.90 Å². The van der Waals surface area contributed by atoms with E-state index in [0.29, 0.717) is 19.1 Å². The van der Waals surface area contributed by atoms with E-state index < -0.39 is 8.60 Å². The molecule has 5 heteroatoms. The Hall–Kier alpha value is -0.960. The number of benzene rings is 1. The van der Waals surface area contributed by atoms with Crippen LogP contribution in [0.15, 0.2) is 35.3 Å². The first-order chi connectivity index (χ1) is 8.31. The molecule has 0 aliphatic heterocycles. The Balaban J connectivity index is 2.69. The molecular formula is C12H18NO3P. The average Bonchev–Trinajstić information content (AvgIpc) is 2.37. The quantitative estimate of drug-likeness (QED) is 0.444. The lowest BCUT2D eigenvalue weighted by molar-refractivity contribution is 0.218. The molecule has 0 bridgehead atoms. The van der Waals surface area contributed by atoms with Crippen molar-refractivity contribution in [1.82, 2.24) is 0 Å².